The van der Waals surface area contributed by atoms with Crippen LogP contribution >= 0.6 is 0 Å². The number of benzene rings is 2. The van der Waals surface area contributed by atoms with Crippen LogP contribution in [0.15, 0.2) is 66.7 Å². The zero-order valence-electron chi connectivity index (χ0n) is 14.9. The summed E-state index contributed by atoms with van der Waals surface area (Å²) in [6, 6.07) is 21.3. The molecule has 1 saturated carbocycles. The van der Waals surface area contributed by atoms with Crippen LogP contribution in [0.3, 0.4) is 0 Å². The minimum Gasteiger partial charge on any atom is -0.408 e. The van der Waals surface area contributed by atoms with Crippen molar-refractivity contribution in [3.63, 3.8) is 0 Å². The molecule has 4 rings (SSSR count). The molecule has 2 aromatic rings. The summed E-state index contributed by atoms with van der Waals surface area (Å²) in [6.07, 6.45) is 12.7. The third-order valence-corrected chi connectivity index (χ3v) is 8.23. The monoisotopic (exact) mass is 348 g/mol. The fraction of sp³-hybridized carbons (Fsp3) is 0.391. The van der Waals surface area contributed by atoms with Crippen molar-refractivity contribution in [1.29, 1.82) is 0 Å². The first kappa shape index (κ1) is 16.8. The number of allylic oxidation sites excluding steroid dienone is 2. The van der Waals surface area contributed by atoms with Crippen molar-refractivity contribution in [2.45, 2.75) is 56.6 Å². The second-order valence-electron chi connectivity index (χ2n) is 7.46. The minimum absolute atomic E-state index is 0.248. The first-order chi connectivity index (χ1) is 12.4. The molecule has 1 nitrogen and oxygen atoms in total. The van der Waals surface area contributed by atoms with Gasteiger partial charge in [0.1, 0.15) is 0 Å². The van der Waals surface area contributed by atoms with E-state index in [1.807, 2.05) is 0 Å². The Labute approximate surface area is 153 Å². The lowest BCUT2D eigenvalue weighted by Gasteiger charge is -2.26. The summed E-state index contributed by atoms with van der Waals surface area (Å²) in [5, 5.41) is 1.45. The van der Waals surface area contributed by atoms with E-state index in [0.717, 1.165) is 24.8 Å². The first-order valence-electron chi connectivity index (χ1n) is 9.85. The third-order valence-electron chi connectivity index (χ3n) is 5.75. The average Bonchev–Trinajstić information content (AvgIpc) is 3.17. The molecule has 0 spiro atoms. The molecular formula is C23H28OSi. The molecule has 2 unspecified atom stereocenters. The third kappa shape index (κ3) is 4.13. The largest absolute Gasteiger partial charge is 0.408 e. The van der Waals surface area contributed by atoms with E-state index < -0.39 is 9.04 Å². The molecule has 130 valence electrons. The van der Waals surface area contributed by atoms with Crippen LogP contribution in [0.2, 0.25) is 6.04 Å². The molecule has 0 N–H and O–H groups in total. The Morgan fingerprint density at radius 1 is 0.760 bits per heavy atom. The van der Waals surface area contributed by atoms with Gasteiger partial charge in [-0.2, -0.15) is 0 Å². The van der Waals surface area contributed by atoms with Crippen LogP contribution in [0.4, 0.5) is 0 Å². The highest BCUT2D eigenvalue weighted by molar-refractivity contribution is 6.67. The Balaban J connectivity index is 1.52. The molecule has 0 saturated heterocycles. The highest BCUT2D eigenvalue weighted by atomic mass is 28.3. The zero-order chi connectivity index (χ0) is 16.9. The summed E-state index contributed by atoms with van der Waals surface area (Å²) in [4.78, 5) is 0. The van der Waals surface area contributed by atoms with Crippen molar-refractivity contribution in [3.8, 4) is 0 Å². The molecule has 0 radical (unpaired) electrons. The van der Waals surface area contributed by atoms with E-state index in [-0.39, 0.29) is 6.10 Å². The quantitative estimate of drug-likeness (QED) is 0.534. The van der Waals surface area contributed by atoms with Crippen LogP contribution in [-0.4, -0.2) is 9.04 Å². The Morgan fingerprint density at radius 2 is 1.52 bits per heavy atom. The maximum atomic E-state index is 6.72. The van der Waals surface area contributed by atoms with E-state index in [1.165, 1.54) is 42.0 Å². The van der Waals surface area contributed by atoms with Crippen molar-refractivity contribution < 1.29 is 4.43 Å². The van der Waals surface area contributed by atoms with E-state index in [4.69, 9.17) is 4.43 Å². The van der Waals surface area contributed by atoms with Crippen LogP contribution in [-0.2, 0) is 4.43 Å². The fourth-order valence-electron chi connectivity index (χ4n) is 4.28. The molecule has 0 bridgehead atoms. The highest BCUT2D eigenvalue weighted by Crippen LogP contribution is 2.33. The average molecular weight is 349 g/mol. The van der Waals surface area contributed by atoms with Crippen molar-refractivity contribution in [1.82, 2.24) is 0 Å². The van der Waals surface area contributed by atoms with Crippen LogP contribution in [0, 0.1) is 0 Å². The maximum absolute atomic E-state index is 6.72. The molecule has 25 heavy (non-hydrogen) atoms. The van der Waals surface area contributed by atoms with E-state index in [9.17, 15) is 0 Å². The summed E-state index contributed by atoms with van der Waals surface area (Å²) in [7, 11) is -1.43. The summed E-state index contributed by atoms with van der Waals surface area (Å²) in [5.74, 6) is 0.797. The first-order valence-corrected chi connectivity index (χ1v) is 11.7. The number of hydrogen-bond donors (Lipinski definition) is 0. The summed E-state index contributed by atoms with van der Waals surface area (Å²) in [5.41, 5.74) is 2.87. The molecular weight excluding hydrogens is 320 g/mol. The van der Waals surface area contributed by atoms with Gasteiger partial charge in [0.15, 0.2) is 0 Å². The molecule has 1 aliphatic heterocycles. The zero-order valence-corrected chi connectivity index (χ0v) is 16.1. The Morgan fingerprint density at radius 3 is 2.28 bits per heavy atom. The van der Waals surface area contributed by atoms with Crippen molar-refractivity contribution >= 4 is 14.2 Å². The second kappa shape index (κ2) is 8.16. The normalized spacial score (nSPS) is 24.8. The molecule has 0 amide bonds. The molecule has 1 aliphatic carbocycles. The van der Waals surface area contributed by atoms with Gasteiger partial charge in [0.2, 0.25) is 9.04 Å². The van der Waals surface area contributed by atoms with Gasteiger partial charge in [0, 0.05) is 0 Å². The van der Waals surface area contributed by atoms with E-state index in [2.05, 4.69) is 66.7 Å². The Bertz CT molecular complexity index is 686. The van der Waals surface area contributed by atoms with Crippen LogP contribution < -0.4 is 5.19 Å². The second-order valence-corrected chi connectivity index (χ2v) is 9.84. The van der Waals surface area contributed by atoms with E-state index in [0.29, 0.717) is 0 Å². The minimum atomic E-state index is -1.43. The van der Waals surface area contributed by atoms with Crippen LogP contribution in [0.1, 0.15) is 61.7 Å². The number of rotatable bonds is 3. The summed E-state index contributed by atoms with van der Waals surface area (Å²) in [6.45, 7) is 0. The SMILES string of the molecule is C1=CC[SiH](c2ccc(C3CCCC3)cc2)OC(c2ccccc2)CC1. The number of hydrogen-bond acceptors (Lipinski definition) is 1. The fourth-order valence-corrected chi connectivity index (χ4v) is 6.57. The summed E-state index contributed by atoms with van der Waals surface area (Å²) < 4.78 is 6.72. The van der Waals surface area contributed by atoms with Crippen molar-refractivity contribution in [2.75, 3.05) is 0 Å². The van der Waals surface area contributed by atoms with Gasteiger partial charge in [-0.15, -0.1) is 0 Å². The van der Waals surface area contributed by atoms with Gasteiger partial charge in [0.25, 0.3) is 0 Å². The predicted octanol–water partition coefficient (Wildman–Crippen LogP) is 5.38. The maximum Gasteiger partial charge on any atom is 0.212 e. The molecule has 2 heteroatoms. The van der Waals surface area contributed by atoms with Crippen LogP contribution in [0.25, 0.3) is 0 Å². The van der Waals surface area contributed by atoms with E-state index >= 15 is 0 Å². The summed E-state index contributed by atoms with van der Waals surface area (Å²) >= 11 is 0. The van der Waals surface area contributed by atoms with Crippen LogP contribution in [0.5, 0.6) is 0 Å². The Kier molecular flexibility index (Phi) is 5.48. The smallest absolute Gasteiger partial charge is 0.212 e. The topological polar surface area (TPSA) is 9.23 Å². The van der Waals surface area contributed by atoms with Gasteiger partial charge in [-0.1, -0.05) is 79.6 Å². The lowest BCUT2D eigenvalue weighted by Crippen LogP contribution is -2.35. The standard InChI is InChI=1S/C23H28OSi/c1-3-11-21(12-4-1)23-13-5-2-8-18-25(24-23)22-16-14-20(15-17-22)19-9-6-7-10-19/h1-4,8,11-12,14-17,19,23,25H,5-7,9-10,13,18H2. The van der Waals surface area contributed by atoms with Gasteiger partial charge in [-0.3, -0.25) is 0 Å². The molecule has 1 heterocycles. The Hall–Kier alpha value is -1.64. The molecule has 1 fully saturated rings. The molecule has 2 aromatic carbocycles. The van der Waals surface area contributed by atoms with Crippen molar-refractivity contribution in [3.05, 3.63) is 77.9 Å². The van der Waals surface area contributed by atoms with Gasteiger partial charge < -0.3 is 4.43 Å². The highest BCUT2D eigenvalue weighted by Gasteiger charge is 2.23. The molecule has 2 aliphatic rings. The van der Waals surface area contributed by atoms with E-state index in [1.54, 1.807) is 0 Å². The molecule has 2 atom stereocenters. The lowest BCUT2D eigenvalue weighted by molar-refractivity contribution is 0.199. The molecule has 0 aromatic heterocycles. The van der Waals surface area contributed by atoms with Gasteiger partial charge in [0.05, 0.1) is 6.10 Å². The van der Waals surface area contributed by atoms with Gasteiger partial charge in [-0.05, 0) is 54.0 Å². The van der Waals surface area contributed by atoms with Gasteiger partial charge >= 0.3 is 0 Å². The van der Waals surface area contributed by atoms with Gasteiger partial charge in [-0.25, -0.2) is 0 Å². The lowest BCUT2D eigenvalue weighted by atomic mass is 9.98. The van der Waals surface area contributed by atoms with Crippen molar-refractivity contribution in [2.24, 2.45) is 0 Å². The predicted molar refractivity (Wildman–Crippen MR) is 108 cm³/mol.